The average Bonchev–Trinajstić information content (AvgIpc) is 2.51. The first-order valence-corrected chi connectivity index (χ1v) is 7.89. The fourth-order valence-corrected chi connectivity index (χ4v) is 2.22. The molecule has 0 spiro atoms. The molecule has 2 aromatic rings. The highest BCUT2D eigenvalue weighted by Crippen LogP contribution is 2.27. The summed E-state index contributed by atoms with van der Waals surface area (Å²) in [7, 11) is 0. The molecule has 0 aliphatic heterocycles. The van der Waals surface area contributed by atoms with Gasteiger partial charge in [-0.1, -0.05) is 51.1 Å². The van der Waals surface area contributed by atoms with Crippen LogP contribution >= 0.6 is 0 Å². The summed E-state index contributed by atoms with van der Waals surface area (Å²) < 4.78 is 11.8. The molecule has 1 atom stereocenters. The summed E-state index contributed by atoms with van der Waals surface area (Å²) in [5.41, 5.74) is 2.48. The van der Waals surface area contributed by atoms with E-state index < -0.39 is 0 Å². The maximum Gasteiger partial charge on any atom is 0.127 e. The van der Waals surface area contributed by atoms with Gasteiger partial charge >= 0.3 is 0 Å². The molecule has 0 N–H and O–H groups in total. The van der Waals surface area contributed by atoms with Crippen LogP contribution in [0.3, 0.4) is 0 Å². The number of hydrogen-bond donors (Lipinski definition) is 0. The minimum atomic E-state index is 0.314. The fourth-order valence-electron chi connectivity index (χ4n) is 2.22. The molecule has 1 radical (unpaired) electrons. The molecule has 117 valence electrons. The Labute approximate surface area is 134 Å². The lowest BCUT2D eigenvalue weighted by Gasteiger charge is -2.18. The summed E-state index contributed by atoms with van der Waals surface area (Å²) in [6.45, 7) is 9.88. The molecule has 0 bridgehead atoms. The van der Waals surface area contributed by atoms with E-state index in [1.54, 1.807) is 0 Å². The van der Waals surface area contributed by atoms with Crippen LogP contribution in [0.1, 0.15) is 37.8 Å². The Morgan fingerprint density at radius 1 is 1.00 bits per heavy atom. The van der Waals surface area contributed by atoms with E-state index >= 15 is 0 Å². The van der Waals surface area contributed by atoms with Gasteiger partial charge in [0.1, 0.15) is 11.5 Å². The molecule has 0 saturated heterocycles. The van der Waals surface area contributed by atoms with Gasteiger partial charge in [0, 0.05) is 12.0 Å². The monoisotopic (exact) mass is 297 g/mol. The Morgan fingerprint density at radius 3 is 2.45 bits per heavy atom. The predicted molar refractivity (Wildman–Crippen MR) is 90.7 cm³/mol. The number of para-hydroxylation sites is 1. The second kappa shape index (κ2) is 7.88. The lowest BCUT2D eigenvalue weighted by molar-refractivity contribution is 0.187. The highest BCUT2D eigenvalue weighted by Gasteiger charge is 2.10. The second-order valence-electron chi connectivity index (χ2n) is 6.15. The van der Waals surface area contributed by atoms with Gasteiger partial charge in [0.15, 0.2) is 0 Å². The van der Waals surface area contributed by atoms with Gasteiger partial charge in [0.2, 0.25) is 0 Å². The number of ether oxygens (including phenoxy) is 2. The second-order valence-corrected chi connectivity index (χ2v) is 6.15. The minimum absolute atomic E-state index is 0.314. The van der Waals surface area contributed by atoms with Crippen molar-refractivity contribution in [3.8, 4) is 11.5 Å². The number of hydrogen-bond acceptors (Lipinski definition) is 2. The third-order valence-corrected chi connectivity index (χ3v) is 3.52. The van der Waals surface area contributed by atoms with Gasteiger partial charge in [-0.25, -0.2) is 0 Å². The van der Waals surface area contributed by atoms with Crippen molar-refractivity contribution in [2.75, 3.05) is 13.2 Å². The highest BCUT2D eigenvalue weighted by molar-refractivity contribution is 5.39. The lowest BCUT2D eigenvalue weighted by atomic mass is 10.0. The van der Waals surface area contributed by atoms with Crippen molar-refractivity contribution < 1.29 is 9.47 Å². The third kappa shape index (κ3) is 4.80. The highest BCUT2D eigenvalue weighted by atomic mass is 16.5. The van der Waals surface area contributed by atoms with Crippen LogP contribution in [0.5, 0.6) is 11.5 Å². The lowest BCUT2D eigenvalue weighted by Crippen LogP contribution is -2.17. The van der Waals surface area contributed by atoms with Gasteiger partial charge in [0.05, 0.1) is 13.2 Å². The van der Waals surface area contributed by atoms with Gasteiger partial charge in [-0.15, -0.1) is 0 Å². The van der Waals surface area contributed by atoms with Crippen molar-refractivity contribution in [3.63, 3.8) is 0 Å². The van der Waals surface area contributed by atoms with Crippen LogP contribution in [0.15, 0.2) is 42.5 Å². The Balaban J connectivity index is 1.88. The van der Waals surface area contributed by atoms with Crippen LogP contribution in [0.4, 0.5) is 0 Å². The van der Waals surface area contributed by atoms with Crippen molar-refractivity contribution in [3.05, 3.63) is 59.7 Å². The molecular formula is C20H25O2. The molecule has 22 heavy (non-hydrogen) atoms. The largest absolute Gasteiger partial charge is 0.493 e. The Kier molecular flexibility index (Phi) is 5.88. The average molecular weight is 297 g/mol. The quantitative estimate of drug-likeness (QED) is 0.715. The van der Waals surface area contributed by atoms with E-state index in [-0.39, 0.29) is 0 Å². The molecule has 0 aliphatic carbocycles. The van der Waals surface area contributed by atoms with E-state index in [1.165, 1.54) is 11.1 Å². The Bertz CT molecular complexity index is 576. The molecular weight excluding hydrogens is 272 g/mol. The van der Waals surface area contributed by atoms with E-state index in [9.17, 15) is 0 Å². The van der Waals surface area contributed by atoms with Gasteiger partial charge in [0.25, 0.3) is 0 Å². The van der Waals surface area contributed by atoms with Crippen LogP contribution < -0.4 is 9.47 Å². The maximum absolute atomic E-state index is 6.04. The number of benzene rings is 2. The van der Waals surface area contributed by atoms with E-state index in [0.717, 1.165) is 11.5 Å². The SMILES string of the molecule is Cc1ccc(C(C)C)c(OCC(C)COc2[c]cccc2)c1. The standard InChI is InChI=1S/C20H25O2/c1-15(2)19-11-10-16(3)12-20(19)22-14-17(4)13-21-18-8-6-5-7-9-18/h5-8,10-12,15,17H,13-14H2,1-4H3. The Morgan fingerprint density at radius 2 is 1.77 bits per heavy atom. The molecule has 1 unspecified atom stereocenters. The van der Waals surface area contributed by atoms with Gasteiger partial charge in [-0.05, 0) is 36.1 Å². The predicted octanol–water partition coefficient (Wildman–Crippen LogP) is 5.01. The van der Waals surface area contributed by atoms with E-state index in [2.05, 4.69) is 52.0 Å². The number of aryl methyl sites for hydroxylation is 1. The van der Waals surface area contributed by atoms with Crippen LogP contribution in [-0.4, -0.2) is 13.2 Å². The molecule has 0 fully saturated rings. The first kappa shape index (κ1) is 16.4. The van der Waals surface area contributed by atoms with E-state index in [0.29, 0.717) is 25.0 Å². The molecule has 0 amide bonds. The number of rotatable bonds is 7. The molecule has 2 aromatic carbocycles. The van der Waals surface area contributed by atoms with Crippen LogP contribution in [-0.2, 0) is 0 Å². The minimum Gasteiger partial charge on any atom is -0.493 e. The maximum atomic E-state index is 6.04. The topological polar surface area (TPSA) is 18.5 Å². The van der Waals surface area contributed by atoms with E-state index in [1.807, 2.05) is 24.3 Å². The van der Waals surface area contributed by atoms with E-state index in [4.69, 9.17) is 9.47 Å². The molecule has 0 heterocycles. The normalized spacial score (nSPS) is 12.2. The van der Waals surface area contributed by atoms with Crippen molar-refractivity contribution in [1.82, 2.24) is 0 Å². The zero-order valence-electron chi connectivity index (χ0n) is 13.9. The summed E-state index contributed by atoms with van der Waals surface area (Å²) >= 11 is 0. The first-order valence-electron chi connectivity index (χ1n) is 7.89. The molecule has 2 nitrogen and oxygen atoms in total. The first-order chi connectivity index (χ1) is 10.6. The van der Waals surface area contributed by atoms with Gasteiger partial charge in [-0.3, -0.25) is 0 Å². The zero-order valence-corrected chi connectivity index (χ0v) is 13.9. The molecule has 0 aromatic heterocycles. The summed E-state index contributed by atoms with van der Waals surface area (Å²) in [4.78, 5) is 0. The fraction of sp³-hybridized carbons (Fsp3) is 0.400. The summed E-state index contributed by atoms with van der Waals surface area (Å²) in [6.07, 6.45) is 0. The molecule has 0 aliphatic rings. The Hall–Kier alpha value is -1.96. The molecule has 0 saturated carbocycles. The smallest absolute Gasteiger partial charge is 0.127 e. The molecule has 2 heteroatoms. The van der Waals surface area contributed by atoms with Crippen molar-refractivity contribution in [2.45, 2.75) is 33.6 Å². The summed E-state index contributed by atoms with van der Waals surface area (Å²) in [6, 6.07) is 17.2. The summed E-state index contributed by atoms with van der Waals surface area (Å²) in [5, 5.41) is 0. The van der Waals surface area contributed by atoms with Crippen LogP contribution in [0.25, 0.3) is 0 Å². The summed E-state index contributed by atoms with van der Waals surface area (Å²) in [5.74, 6) is 2.55. The van der Waals surface area contributed by atoms with Crippen LogP contribution in [0.2, 0.25) is 0 Å². The van der Waals surface area contributed by atoms with Crippen molar-refractivity contribution >= 4 is 0 Å². The van der Waals surface area contributed by atoms with Crippen molar-refractivity contribution in [1.29, 1.82) is 0 Å². The zero-order chi connectivity index (χ0) is 15.9. The third-order valence-electron chi connectivity index (χ3n) is 3.52. The molecule has 2 rings (SSSR count). The van der Waals surface area contributed by atoms with Crippen LogP contribution in [0, 0.1) is 18.9 Å². The van der Waals surface area contributed by atoms with Gasteiger partial charge < -0.3 is 9.47 Å². The van der Waals surface area contributed by atoms with Crippen molar-refractivity contribution in [2.24, 2.45) is 5.92 Å². The van der Waals surface area contributed by atoms with Gasteiger partial charge in [-0.2, -0.15) is 0 Å².